The molecule has 118 valence electrons. The van der Waals surface area contributed by atoms with E-state index >= 15 is 0 Å². The van der Waals surface area contributed by atoms with Gasteiger partial charge in [-0.05, 0) is 33.9 Å². The number of piperazine rings is 1. The van der Waals surface area contributed by atoms with E-state index in [0.717, 1.165) is 26.2 Å². The lowest BCUT2D eigenvalue weighted by molar-refractivity contribution is 0.178. The van der Waals surface area contributed by atoms with Gasteiger partial charge in [0.2, 0.25) is 0 Å². The van der Waals surface area contributed by atoms with E-state index in [1.165, 1.54) is 0 Å². The molecule has 0 atom stereocenters. The van der Waals surface area contributed by atoms with E-state index in [4.69, 9.17) is 0 Å². The number of aromatic nitrogens is 1. The molecule has 1 aromatic heterocycles. The van der Waals surface area contributed by atoms with E-state index in [-0.39, 0.29) is 11.4 Å². The Kier molecular flexibility index (Phi) is 5.13. The summed E-state index contributed by atoms with van der Waals surface area (Å²) in [4.78, 5) is 6.38. The van der Waals surface area contributed by atoms with Gasteiger partial charge in [0.15, 0.2) is 11.6 Å². The normalized spacial score (nSPS) is 18.0. The summed E-state index contributed by atoms with van der Waals surface area (Å²) in [6.45, 7) is 10.4. The monoisotopic (exact) mass is 295 g/mol. The molecular formula is C15H26FN5. The first kappa shape index (κ1) is 16.1. The molecule has 0 unspecified atom stereocenters. The predicted molar refractivity (Wildman–Crippen MR) is 83.5 cm³/mol. The fraction of sp³-hybridized carbons (Fsp3) is 0.667. The minimum Gasteiger partial charge on any atom is -0.308 e. The molecule has 2 heterocycles. The van der Waals surface area contributed by atoms with Gasteiger partial charge in [-0.2, -0.15) is 0 Å². The molecule has 1 fully saturated rings. The third-order valence-corrected chi connectivity index (χ3v) is 3.55. The number of likely N-dealkylation sites (N-methyl/N-ethyl adjacent to an activating group) is 1. The Labute approximate surface area is 126 Å². The van der Waals surface area contributed by atoms with Crippen molar-refractivity contribution in [1.29, 1.82) is 0 Å². The van der Waals surface area contributed by atoms with Crippen LogP contribution in [0.25, 0.3) is 0 Å². The molecular weight excluding hydrogens is 269 g/mol. The number of rotatable bonds is 4. The first-order valence-electron chi connectivity index (χ1n) is 7.44. The Morgan fingerprint density at radius 2 is 1.90 bits per heavy atom. The Morgan fingerprint density at radius 1 is 1.24 bits per heavy atom. The summed E-state index contributed by atoms with van der Waals surface area (Å²) in [6, 6.07) is 1.73. The number of nitrogens with zero attached hydrogens (tertiary/aromatic N) is 3. The number of hydrogen-bond acceptors (Lipinski definition) is 5. The van der Waals surface area contributed by atoms with Gasteiger partial charge in [0.05, 0.1) is 0 Å². The van der Waals surface area contributed by atoms with Crippen molar-refractivity contribution in [2.24, 2.45) is 0 Å². The van der Waals surface area contributed by atoms with Crippen LogP contribution in [0.1, 0.15) is 26.3 Å². The second kappa shape index (κ2) is 6.68. The molecule has 21 heavy (non-hydrogen) atoms. The molecule has 0 amide bonds. The summed E-state index contributed by atoms with van der Waals surface area (Å²) in [6.07, 6.45) is 1.65. The Bertz CT molecular complexity index is 464. The highest BCUT2D eigenvalue weighted by atomic mass is 19.1. The second-order valence-electron chi connectivity index (χ2n) is 6.64. The van der Waals surface area contributed by atoms with Gasteiger partial charge >= 0.3 is 0 Å². The van der Waals surface area contributed by atoms with Crippen molar-refractivity contribution in [3.8, 4) is 0 Å². The Morgan fingerprint density at radius 3 is 2.52 bits per heavy atom. The molecule has 1 aliphatic heterocycles. The molecule has 0 saturated carbocycles. The number of anilines is 1. The van der Waals surface area contributed by atoms with Crippen molar-refractivity contribution in [2.45, 2.75) is 32.9 Å². The fourth-order valence-corrected chi connectivity index (χ4v) is 2.13. The van der Waals surface area contributed by atoms with Gasteiger partial charge in [0.1, 0.15) is 0 Å². The van der Waals surface area contributed by atoms with Crippen molar-refractivity contribution in [2.75, 3.05) is 38.7 Å². The Balaban J connectivity index is 2.00. The SMILES string of the molecule is CN1CCN(Nc2nccc(CNC(C)(C)C)c2F)CC1. The average molecular weight is 295 g/mol. The minimum atomic E-state index is -0.270. The van der Waals surface area contributed by atoms with Crippen LogP contribution in [0.5, 0.6) is 0 Å². The van der Waals surface area contributed by atoms with Gasteiger partial charge in [-0.25, -0.2) is 14.4 Å². The second-order valence-corrected chi connectivity index (χ2v) is 6.64. The molecule has 0 radical (unpaired) electrons. The quantitative estimate of drug-likeness (QED) is 0.885. The van der Waals surface area contributed by atoms with E-state index in [1.807, 2.05) is 5.01 Å². The lowest BCUT2D eigenvalue weighted by Gasteiger charge is -2.32. The zero-order valence-electron chi connectivity index (χ0n) is 13.4. The number of halogens is 1. The van der Waals surface area contributed by atoms with Crippen LogP contribution in [-0.4, -0.2) is 53.7 Å². The summed E-state index contributed by atoms with van der Waals surface area (Å²) in [5, 5.41) is 5.32. The maximum absolute atomic E-state index is 14.5. The van der Waals surface area contributed by atoms with Gasteiger partial charge in [0.25, 0.3) is 0 Å². The summed E-state index contributed by atoms with van der Waals surface area (Å²) in [7, 11) is 2.09. The topological polar surface area (TPSA) is 43.4 Å². The fourth-order valence-electron chi connectivity index (χ4n) is 2.13. The summed E-state index contributed by atoms with van der Waals surface area (Å²) in [5.74, 6) is 0.0425. The molecule has 0 bridgehead atoms. The average Bonchev–Trinajstić information content (AvgIpc) is 2.41. The third kappa shape index (κ3) is 4.91. The molecule has 0 spiro atoms. The van der Waals surface area contributed by atoms with E-state index in [9.17, 15) is 4.39 Å². The molecule has 1 aliphatic rings. The van der Waals surface area contributed by atoms with Gasteiger partial charge in [-0.1, -0.05) is 0 Å². The highest BCUT2D eigenvalue weighted by Gasteiger charge is 2.17. The van der Waals surface area contributed by atoms with Gasteiger partial charge in [-0.3, -0.25) is 0 Å². The first-order valence-corrected chi connectivity index (χ1v) is 7.44. The molecule has 2 N–H and O–H groups in total. The molecule has 6 heteroatoms. The third-order valence-electron chi connectivity index (χ3n) is 3.55. The summed E-state index contributed by atoms with van der Waals surface area (Å²) >= 11 is 0. The molecule has 0 aromatic carbocycles. The highest BCUT2D eigenvalue weighted by Crippen LogP contribution is 2.17. The van der Waals surface area contributed by atoms with E-state index in [0.29, 0.717) is 17.9 Å². The van der Waals surface area contributed by atoms with Crippen LogP contribution in [0.3, 0.4) is 0 Å². The van der Waals surface area contributed by atoms with Crippen LogP contribution in [0, 0.1) is 5.82 Å². The van der Waals surface area contributed by atoms with E-state index in [2.05, 4.69) is 48.4 Å². The smallest absolute Gasteiger partial charge is 0.177 e. The maximum Gasteiger partial charge on any atom is 0.177 e. The van der Waals surface area contributed by atoms with Crippen LogP contribution < -0.4 is 10.7 Å². The number of pyridine rings is 1. The summed E-state index contributed by atoms with van der Waals surface area (Å²) in [5.41, 5.74) is 3.69. The largest absolute Gasteiger partial charge is 0.308 e. The van der Waals surface area contributed by atoms with E-state index in [1.54, 1.807) is 12.3 Å². The molecule has 2 rings (SSSR count). The zero-order chi connectivity index (χ0) is 15.5. The van der Waals surface area contributed by atoms with Crippen molar-refractivity contribution in [3.63, 3.8) is 0 Å². The van der Waals surface area contributed by atoms with Crippen LogP contribution in [0.4, 0.5) is 10.2 Å². The lowest BCUT2D eigenvalue weighted by atomic mass is 10.1. The number of hydrogen-bond donors (Lipinski definition) is 2. The molecule has 1 aromatic rings. The molecule has 5 nitrogen and oxygen atoms in total. The lowest BCUT2D eigenvalue weighted by Crippen LogP contribution is -2.47. The standard InChI is InChI=1S/C15H26FN5/c1-15(2,3)18-11-12-5-6-17-14(13(12)16)19-21-9-7-20(4)8-10-21/h5-6,18H,7-11H2,1-4H3,(H,17,19). The first-order chi connectivity index (χ1) is 9.85. The van der Waals surface area contributed by atoms with Crippen molar-refractivity contribution in [3.05, 3.63) is 23.6 Å². The highest BCUT2D eigenvalue weighted by molar-refractivity contribution is 5.39. The van der Waals surface area contributed by atoms with Gasteiger partial charge in [-0.15, -0.1) is 0 Å². The van der Waals surface area contributed by atoms with Gasteiger partial charge in [0, 0.05) is 50.0 Å². The van der Waals surface area contributed by atoms with Crippen molar-refractivity contribution in [1.82, 2.24) is 20.2 Å². The van der Waals surface area contributed by atoms with Crippen LogP contribution in [-0.2, 0) is 6.54 Å². The number of hydrazine groups is 1. The zero-order valence-corrected chi connectivity index (χ0v) is 13.4. The maximum atomic E-state index is 14.5. The van der Waals surface area contributed by atoms with Crippen LogP contribution in [0.2, 0.25) is 0 Å². The molecule has 0 aliphatic carbocycles. The number of nitrogens with one attached hydrogen (secondary N) is 2. The van der Waals surface area contributed by atoms with Crippen molar-refractivity contribution >= 4 is 5.82 Å². The van der Waals surface area contributed by atoms with Gasteiger partial charge < -0.3 is 15.6 Å². The Hall–Kier alpha value is -1.24. The van der Waals surface area contributed by atoms with Crippen LogP contribution >= 0.6 is 0 Å². The van der Waals surface area contributed by atoms with E-state index < -0.39 is 0 Å². The summed E-state index contributed by atoms with van der Waals surface area (Å²) < 4.78 is 14.5. The minimum absolute atomic E-state index is 0.0409. The molecule has 1 saturated heterocycles. The predicted octanol–water partition coefficient (Wildman–Crippen LogP) is 1.68. The van der Waals surface area contributed by atoms with Crippen molar-refractivity contribution < 1.29 is 4.39 Å². The van der Waals surface area contributed by atoms with Crippen LogP contribution in [0.15, 0.2) is 12.3 Å².